The Bertz CT molecular complexity index is 1220. The molecule has 0 saturated heterocycles. The van der Waals surface area contributed by atoms with E-state index in [0.717, 1.165) is 54.3 Å². The first-order chi connectivity index (χ1) is 18.1. The molecule has 0 unspecified atom stereocenters. The topological polar surface area (TPSA) is 76.4 Å². The minimum atomic E-state index is -0.139. The summed E-state index contributed by atoms with van der Waals surface area (Å²) in [6.07, 6.45) is 4.45. The molecule has 1 aromatic carbocycles. The minimum absolute atomic E-state index is 0.0194. The second-order valence-electron chi connectivity index (χ2n) is 10.5. The maximum Gasteiger partial charge on any atom is 0.255 e. The maximum atomic E-state index is 13.7. The van der Waals surface area contributed by atoms with Crippen molar-refractivity contribution in [1.29, 1.82) is 0 Å². The van der Waals surface area contributed by atoms with Crippen LogP contribution in [-0.4, -0.2) is 65.5 Å². The second kappa shape index (κ2) is 13.4. The van der Waals surface area contributed by atoms with Gasteiger partial charge >= 0.3 is 0 Å². The van der Waals surface area contributed by atoms with Gasteiger partial charge in [0.2, 0.25) is 5.91 Å². The quantitative estimate of drug-likeness (QED) is 0.277. The van der Waals surface area contributed by atoms with E-state index in [1.54, 1.807) is 14.2 Å². The summed E-state index contributed by atoms with van der Waals surface area (Å²) in [4.78, 5) is 38.2. The van der Waals surface area contributed by atoms with E-state index in [9.17, 15) is 9.59 Å². The third-order valence-corrected chi connectivity index (χ3v) is 6.75. The van der Waals surface area contributed by atoms with Gasteiger partial charge in [-0.1, -0.05) is 39.8 Å². The number of pyridine rings is 1. The number of methoxy groups -OCH3 is 1. The van der Waals surface area contributed by atoms with Crippen LogP contribution in [0.5, 0.6) is 5.75 Å². The third kappa shape index (κ3) is 7.34. The van der Waals surface area contributed by atoms with E-state index in [0.29, 0.717) is 23.8 Å². The molecule has 0 radical (unpaired) electrons. The summed E-state index contributed by atoms with van der Waals surface area (Å²) in [6, 6.07) is 11.4. The highest BCUT2D eigenvalue weighted by Crippen LogP contribution is 2.29. The van der Waals surface area contributed by atoms with Crippen LogP contribution in [0.2, 0.25) is 0 Å². The number of rotatable bonds is 13. The number of nitrogens with zero attached hydrogens (tertiary/aromatic N) is 4. The average Bonchev–Trinajstić information content (AvgIpc) is 3.28. The van der Waals surface area contributed by atoms with Crippen LogP contribution < -0.4 is 4.74 Å². The number of carbonyl (C=O) groups excluding carboxylic acids is 2. The molecule has 2 heterocycles. The molecule has 38 heavy (non-hydrogen) atoms. The number of carbonyl (C=O) groups is 2. The van der Waals surface area contributed by atoms with E-state index in [4.69, 9.17) is 14.6 Å². The van der Waals surface area contributed by atoms with Crippen molar-refractivity contribution in [1.82, 2.24) is 19.3 Å². The molecule has 0 saturated carbocycles. The van der Waals surface area contributed by atoms with Crippen molar-refractivity contribution in [3.8, 4) is 17.0 Å². The molecule has 3 rings (SSSR count). The van der Waals surface area contributed by atoms with E-state index >= 15 is 0 Å². The average molecular weight is 523 g/mol. The number of fused-ring (bicyclic) bond motifs is 1. The number of amides is 2. The Hall–Kier alpha value is -3.39. The molecule has 8 nitrogen and oxygen atoms in total. The predicted octanol–water partition coefficient (Wildman–Crippen LogP) is 5.50. The van der Waals surface area contributed by atoms with Crippen molar-refractivity contribution in [3.05, 3.63) is 53.9 Å². The van der Waals surface area contributed by atoms with Crippen molar-refractivity contribution in [3.63, 3.8) is 0 Å². The molecule has 0 atom stereocenters. The summed E-state index contributed by atoms with van der Waals surface area (Å²) in [6.45, 7) is 10.2. The van der Waals surface area contributed by atoms with E-state index in [1.165, 1.54) is 12.2 Å². The SMILES string of the molecule is COc1cccc(-c2nc3ccc(C(=O)N(CCC(C)C)CCC(C)C)cn3c2CCC(=O)N(C)OC)c1. The van der Waals surface area contributed by atoms with Crippen LogP contribution >= 0.6 is 0 Å². The molecule has 8 heteroatoms. The van der Waals surface area contributed by atoms with E-state index in [-0.39, 0.29) is 18.2 Å². The Labute approximate surface area is 226 Å². The normalized spacial score (nSPS) is 11.4. The molecular formula is C30H42N4O4. The largest absolute Gasteiger partial charge is 0.497 e. The van der Waals surface area contributed by atoms with Gasteiger partial charge in [-0.2, -0.15) is 0 Å². The van der Waals surface area contributed by atoms with Gasteiger partial charge in [-0.3, -0.25) is 14.4 Å². The summed E-state index contributed by atoms with van der Waals surface area (Å²) in [5.41, 5.74) is 3.84. The lowest BCUT2D eigenvalue weighted by Crippen LogP contribution is -2.34. The van der Waals surface area contributed by atoms with Gasteiger partial charge in [0, 0.05) is 38.3 Å². The number of aromatic nitrogens is 2. The lowest BCUT2D eigenvalue weighted by atomic mass is 10.1. The number of benzene rings is 1. The zero-order valence-electron chi connectivity index (χ0n) is 23.9. The molecule has 0 aliphatic heterocycles. The van der Waals surface area contributed by atoms with Crippen molar-refractivity contribution in [2.45, 2.75) is 53.4 Å². The van der Waals surface area contributed by atoms with Crippen LogP contribution in [-0.2, 0) is 16.1 Å². The molecule has 0 bridgehead atoms. The molecule has 0 spiro atoms. The summed E-state index contributed by atoms with van der Waals surface area (Å²) in [5, 5.41) is 1.23. The maximum absolute atomic E-state index is 13.7. The van der Waals surface area contributed by atoms with Gasteiger partial charge in [-0.15, -0.1) is 0 Å². The van der Waals surface area contributed by atoms with Crippen LogP contribution in [0.3, 0.4) is 0 Å². The van der Waals surface area contributed by atoms with Crippen molar-refractivity contribution >= 4 is 17.5 Å². The van der Waals surface area contributed by atoms with Crippen LogP contribution in [0.15, 0.2) is 42.6 Å². The first-order valence-corrected chi connectivity index (χ1v) is 13.4. The third-order valence-electron chi connectivity index (χ3n) is 6.75. The Balaban J connectivity index is 2.04. The Morgan fingerprint density at radius 2 is 1.68 bits per heavy atom. The molecule has 0 N–H and O–H groups in total. The number of hydrogen-bond acceptors (Lipinski definition) is 5. The predicted molar refractivity (Wildman–Crippen MR) is 150 cm³/mol. The first kappa shape index (κ1) is 29.2. The number of hydroxylamine groups is 2. The molecule has 3 aromatic rings. The molecule has 0 aliphatic carbocycles. The molecule has 2 aromatic heterocycles. The van der Waals surface area contributed by atoms with Crippen LogP contribution in [0.4, 0.5) is 0 Å². The molecule has 0 fully saturated rings. The number of ether oxygens (including phenoxy) is 1. The standard InChI is InChI=1S/C30H42N4O4/c1-21(2)15-17-33(18-16-22(3)4)30(36)24-11-13-27-31-29(23-9-8-10-25(19-23)37-6)26(34(27)20-24)12-14-28(35)32(5)38-7/h8-11,13,19-22H,12,14-18H2,1-7H3. The van der Waals surface area contributed by atoms with Gasteiger partial charge in [0.05, 0.1) is 31.2 Å². The number of hydrogen-bond donors (Lipinski definition) is 0. The Morgan fingerprint density at radius 1 is 1.00 bits per heavy atom. The Kier molecular flexibility index (Phi) is 10.3. The lowest BCUT2D eigenvalue weighted by molar-refractivity contribution is -0.168. The summed E-state index contributed by atoms with van der Waals surface area (Å²) < 4.78 is 7.38. The van der Waals surface area contributed by atoms with Gasteiger partial charge in [-0.05, 0) is 55.4 Å². The lowest BCUT2D eigenvalue weighted by Gasteiger charge is -2.24. The highest BCUT2D eigenvalue weighted by molar-refractivity contribution is 5.94. The fourth-order valence-electron chi connectivity index (χ4n) is 4.27. The van der Waals surface area contributed by atoms with Gasteiger partial charge in [0.1, 0.15) is 11.4 Å². The van der Waals surface area contributed by atoms with Crippen LogP contribution in [0.1, 0.15) is 63.0 Å². The summed E-state index contributed by atoms with van der Waals surface area (Å²) >= 11 is 0. The molecule has 206 valence electrons. The first-order valence-electron chi connectivity index (χ1n) is 13.4. The van der Waals surface area contributed by atoms with Crippen LogP contribution in [0, 0.1) is 11.8 Å². The molecular weight excluding hydrogens is 480 g/mol. The second-order valence-corrected chi connectivity index (χ2v) is 10.5. The fraction of sp³-hybridized carbons (Fsp3) is 0.500. The molecule has 0 aliphatic rings. The monoisotopic (exact) mass is 522 g/mol. The fourth-order valence-corrected chi connectivity index (χ4v) is 4.27. The van der Waals surface area contributed by atoms with E-state index < -0.39 is 0 Å². The van der Waals surface area contributed by atoms with Crippen molar-refractivity contribution < 1.29 is 19.2 Å². The summed E-state index contributed by atoms with van der Waals surface area (Å²) in [7, 11) is 4.70. The Morgan fingerprint density at radius 3 is 2.29 bits per heavy atom. The summed E-state index contributed by atoms with van der Waals surface area (Å²) in [5.74, 6) is 1.63. The van der Waals surface area contributed by atoms with Gasteiger partial charge in [-0.25, -0.2) is 10.0 Å². The number of imidazole rings is 1. The van der Waals surface area contributed by atoms with E-state index in [1.807, 2.05) is 51.9 Å². The zero-order chi connectivity index (χ0) is 27.8. The van der Waals surface area contributed by atoms with Crippen LogP contribution in [0.25, 0.3) is 16.9 Å². The highest BCUT2D eigenvalue weighted by atomic mass is 16.7. The van der Waals surface area contributed by atoms with Gasteiger partial charge < -0.3 is 14.0 Å². The molecule has 2 amide bonds. The van der Waals surface area contributed by atoms with E-state index in [2.05, 4.69) is 27.7 Å². The number of aryl methyl sites for hydroxylation is 1. The zero-order valence-corrected chi connectivity index (χ0v) is 23.9. The minimum Gasteiger partial charge on any atom is -0.497 e. The van der Waals surface area contributed by atoms with Gasteiger partial charge in [0.25, 0.3) is 5.91 Å². The van der Waals surface area contributed by atoms with Gasteiger partial charge in [0.15, 0.2) is 0 Å². The smallest absolute Gasteiger partial charge is 0.255 e. The van der Waals surface area contributed by atoms with Crippen molar-refractivity contribution in [2.75, 3.05) is 34.4 Å². The highest BCUT2D eigenvalue weighted by Gasteiger charge is 2.21. The van der Waals surface area contributed by atoms with Crippen molar-refractivity contribution in [2.24, 2.45) is 11.8 Å².